The number of ether oxygens (including phenoxy) is 4. The lowest BCUT2D eigenvalue weighted by atomic mass is 9.93. The van der Waals surface area contributed by atoms with Crippen LogP contribution in [0, 0.1) is 0 Å². The molecule has 0 saturated carbocycles. The van der Waals surface area contributed by atoms with Gasteiger partial charge in [0.25, 0.3) is 0 Å². The van der Waals surface area contributed by atoms with Crippen molar-refractivity contribution in [2.24, 2.45) is 9.98 Å². The molecular formula is C88H122N2O4S2. The molecule has 0 atom stereocenters. The van der Waals surface area contributed by atoms with Crippen molar-refractivity contribution in [1.29, 1.82) is 0 Å². The van der Waals surface area contributed by atoms with Crippen LogP contribution >= 0.6 is 23.5 Å². The van der Waals surface area contributed by atoms with Crippen LogP contribution in [0.15, 0.2) is 107 Å². The lowest BCUT2D eigenvalue weighted by molar-refractivity contribution is 0.404. The van der Waals surface area contributed by atoms with Gasteiger partial charge in [0.2, 0.25) is 0 Å². The number of hydrogen-bond acceptors (Lipinski definition) is 8. The Kier molecular flexibility index (Phi) is 29.7. The number of fused-ring (bicyclic) bond motifs is 2. The molecule has 0 N–H and O–H groups in total. The number of rotatable bonds is 38. The molecule has 0 spiro atoms. The molecule has 6 nitrogen and oxygen atoms in total. The second-order valence-electron chi connectivity index (χ2n) is 30.0. The fourth-order valence-corrected chi connectivity index (χ4v) is 15.6. The summed E-state index contributed by atoms with van der Waals surface area (Å²) in [6.07, 6.45) is 25.9. The first-order valence-electron chi connectivity index (χ1n) is 38.0. The Labute approximate surface area is 591 Å². The van der Waals surface area contributed by atoms with Gasteiger partial charge in [0, 0.05) is 22.3 Å². The molecule has 520 valence electrons. The van der Waals surface area contributed by atoms with Crippen LogP contribution in [-0.4, -0.2) is 21.6 Å². The predicted octanol–water partition coefficient (Wildman–Crippen LogP) is 29.5. The molecule has 8 heteroatoms. The van der Waals surface area contributed by atoms with Gasteiger partial charge in [-0.1, -0.05) is 313 Å². The maximum absolute atomic E-state index is 7.61. The number of unbranched alkanes of at least 4 members (excludes halogenated alkanes) is 18. The molecule has 0 amide bonds. The van der Waals surface area contributed by atoms with Crippen LogP contribution in [-0.2, 0) is 0 Å². The molecule has 8 rings (SSSR count). The van der Waals surface area contributed by atoms with Gasteiger partial charge in [-0.2, -0.15) is 0 Å². The molecule has 0 aliphatic carbocycles. The van der Waals surface area contributed by atoms with Gasteiger partial charge in [-0.3, -0.25) is 0 Å². The largest absolute Gasteiger partial charge is 0.453 e. The van der Waals surface area contributed by atoms with Gasteiger partial charge in [0.1, 0.15) is 33.1 Å². The fraction of sp³-hybridized carbons (Fsp3) is 0.545. The van der Waals surface area contributed by atoms with E-state index in [1.165, 1.54) is 160 Å². The van der Waals surface area contributed by atoms with Gasteiger partial charge in [-0.05, 0) is 140 Å². The average Bonchev–Trinajstić information content (AvgIpc) is 1.58. The Morgan fingerprint density at radius 1 is 0.271 bits per heavy atom. The van der Waals surface area contributed by atoms with Crippen LogP contribution in [0.3, 0.4) is 0 Å². The summed E-state index contributed by atoms with van der Waals surface area (Å²) < 4.78 is 30.3. The van der Waals surface area contributed by atoms with Crippen molar-refractivity contribution in [1.82, 2.24) is 0 Å². The van der Waals surface area contributed by atoms with E-state index in [2.05, 4.69) is 222 Å². The molecule has 6 aromatic carbocycles. The first kappa shape index (κ1) is 76.1. The Morgan fingerprint density at radius 2 is 0.469 bits per heavy atom. The smallest absolute Gasteiger partial charge is 0.170 e. The monoisotopic (exact) mass is 1330 g/mol. The quantitative estimate of drug-likeness (QED) is 0.0360. The van der Waals surface area contributed by atoms with E-state index in [4.69, 9.17) is 28.9 Å². The Balaban J connectivity index is 1.37. The van der Waals surface area contributed by atoms with Crippen LogP contribution < -0.4 is 18.9 Å². The number of nitrogens with zero attached hydrogens (tertiary/aromatic N) is 2. The molecule has 6 aromatic rings. The number of aliphatic imine (C=N–C) groups is 2. The lowest BCUT2D eigenvalue weighted by Gasteiger charge is -2.24. The molecule has 0 radical (unpaired) electrons. The van der Waals surface area contributed by atoms with Crippen molar-refractivity contribution in [3.05, 3.63) is 164 Å². The zero-order valence-electron chi connectivity index (χ0n) is 62.8. The van der Waals surface area contributed by atoms with E-state index in [1.54, 1.807) is 0 Å². The van der Waals surface area contributed by atoms with Gasteiger partial charge in [-0.15, -0.1) is 23.5 Å². The van der Waals surface area contributed by atoms with Gasteiger partial charge in [-0.25, -0.2) is 9.98 Å². The van der Waals surface area contributed by atoms with Crippen LogP contribution in [0.2, 0.25) is 0 Å². The van der Waals surface area contributed by atoms with Gasteiger partial charge in [0.05, 0.1) is 11.4 Å². The van der Waals surface area contributed by atoms with E-state index in [9.17, 15) is 0 Å². The van der Waals surface area contributed by atoms with E-state index in [-0.39, 0.29) is 47.3 Å². The summed E-state index contributed by atoms with van der Waals surface area (Å²) in [5.74, 6) is 9.98. The van der Waals surface area contributed by atoms with Crippen molar-refractivity contribution in [3.8, 4) is 46.0 Å². The highest BCUT2D eigenvalue weighted by atomic mass is 32.2. The number of hydrogen-bond donors (Lipinski definition) is 0. The molecule has 0 fully saturated rings. The van der Waals surface area contributed by atoms with E-state index < -0.39 is 0 Å². The molecular weight excluding hydrogens is 1210 g/mol. The summed E-state index contributed by atoms with van der Waals surface area (Å²) in [5.41, 5.74) is 15.1. The van der Waals surface area contributed by atoms with E-state index in [0.717, 1.165) is 91.1 Å². The highest BCUT2D eigenvalue weighted by Gasteiger charge is 2.35. The Hall–Kier alpha value is -5.70. The molecule has 0 unspecified atom stereocenters. The second-order valence-corrected chi connectivity index (χ2v) is 32.2. The van der Waals surface area contributed by atoms with E-state index in [0.29, 0.717) is 23.0 Å². The third-order valence-electron chi connectivity index (χ3n) is 19.4. The third-order valence-corrected chi connectivity index (χ3v) is 21.5. The van der Waals surface area contributed by atoms with E-state index in [1.807, 2.05) is 23.5 Å². The molecule has 2 aliphatic heterocycles. The minimum absolute atomic E-state index is 0.215. The molecule has 0 saturated heterocycles. The number of thioether (sulfide) groups is 2. The maximum Gasteiger partial charge on any atom is 0.170 e. The summed E-state index contributed by atoms with van der Waals surface area (Å²) in [6, 6.07) is 35.6. The maximum atomic E-state index is 7.61. The first-order chi connectivity index (χ1) is 46.2. The van der Waals surface area contributed by atoms with Gasteiger partial charge < -0.3 is 18.9 Å². The summed E-state index contributed by atoms with van der Waals surface area (Å²) in [7, 11) is 0. The van der Waals surface area contributed by atoms with Crippen molar-refractivity contribution >= 4 is 45.0 Å². The second kappa shape index (κ2) is 37.5. The van der Waals surface area contributed by atoms with Gasteiger partial charge in [0.15, 0.2) is 23.0 Å². The third kappa shape index (κ3) is 19.8. The van der Waals surface area contributed by atoms with Crippen LogP contribution in [0.25, 0.3) is 11.4 Å². The predicted molar refractivity (Wildman–Crippen MR) is 420 cm³/mol. The highest BCUT2D eigenvalue weighted by molar-refractivity contribution is 8.14. The first-order valence-corrected chi connectivity index (χ1v) is 40.0. The van der Waals surface area contributed by atoms with Gasteiger partial charge >= 0.3 is 0 Å². The standard InChI is InChI=1S/C88H122N2O4S2/c1-19-21-23-25-27-29-31-33-35-37-51-95-87-75-55-79(93-85-69(61(11)12)47-41-48-70(85)62(13)14)77(91-83-65(57(3)4)43-39-44-66(83)58(5)6)53-73(75)81(89-87)82-74-54-78(92-84-67(59(7)8)45-40-46-68(84)60(9)10)80(94-86-71(63(15)16)49-42-50-72(86)64(17)18)56-76(74)88(90-82)96-52-38-36-34-32-30-28-26-24-22-20-2/h39-50,53-64H,19-38,51-52H2,1-18H3/b82-81+. The Bertz CT molecular complexity index is 3240. The molecule has 2 aliphatic rings. The topological polar surface area (TPSA) is 61.6 Å². The molecule has 2 heterocycles. The fourth-order valence-electron chi connectivity index (χ4n) is 13.6. The SMILES string of the molecule is CCCCCCCCCCCCSC1=N/C(=C2/N=C(SCCCCCCCCCCCC)c3cc(Oc4c(C(C)C)cccc4C(C)C)c(Oc4c(C(C)C)cccc4C(C)C)cc32)c2cc(Oc3c(C(C)C)cccc3C(C)C)c(Oc3c(C(C)C)cccc3C(C)C)cc21. The minimum atomic E-state index is 0.215. The van der Waals surface area contributed by atoms with Crippen LogP contribution in [0.5, 0.6) is 46.0 Å². The summed E-state index contributed by atoms with van der Waals surface area (Å²) in [4.78, 5) is 11.8. The van der Waals surface area contributed by atoms with Crippen molar-refractivity contribution in [3.63, 3.8) is 0 Å². The molecule has 0 aromatic heterocycles. The average molecular weight is 1340 g/mol. The number of para-hydroxylation sites is 4. The van der Waals surface area contributed by atoms with Crippen molar-refractivity contribution in [2.45, 2.75) is 300 Å². The van der Waals surface area contributed by atoms with Crippen LogP contribution in [0.1, 0.15) is 367 Å². The number of benzene rings is 6. The zero-order chi connectivity index (χ0) is 69.0. The Morgan fingerprint density at radius 3 is 0.677 bits per heavy atom. The highest BCUT2D eigenvalue weighted by Crippen LogP contribution is 2.54. The summed E-state index contributed by atoms with van der Waals surface area (Å²) in [6.45, 7) is 40.9. The molecule has 96 heavy (non-hydrogen) atoms. The normalized spacial score (nSPS) is 13.8. The summed E-state index contributed by atoms with van der Waals surface area (Å²) in [5, 5.41) is 1.98. The minimum Gasteiger partial charge on any atom is -0.453 e. The van der Waals surface area contributed by atoms with E-state index >= 15 is 0 Å². The molecule has 0 bridgehead atoms. The van der Waals surface area contributed by atoms with Crippen molar-refractivity contribution in [2.75, 3.05) is 11.5 Å². The zero-order valence-corrected chi connectivity index (χ0v) is 64.4. The van der Waals surface area contributed by atoms with Crippen LogP contribution in [0.4, 0.5) is 0 Å². The lowest BCUT2D eigenvalue weighted by Crippen LogP contribution is -2.05. The van der Waals surface area contributed by atoms with Crippen molar-refractivity contribution < 1.29 is 18.9 Å². The summed E-state index contributed by atoms with van der Waals surface area (Å²) >= 11 is 3.75.